The Morgan fingerprint density at radius 3 is 2.53 bits per heavy atom. The molecule has 1 heterocycles. The van der Waals surface area contributed by atoms with Gasteiger partial charge in [-0.25, -0.2) is 0 Å². The van der Waals surface area contributed by atoms with Crippen LogP contribution in [0.3, 0.4) is 0 Å². The summed E-state index contributed by atoms with van der Waals surface area (Å²) in [5.74, 6) is 0.644. The minimum atomic E-state index is -0.547. The lowest BCUT2D eigenvalue weighted by molar-refractivity contribution is 0.101. The highest BCUT2D eigenvalue weighted by Crippen LogP contribution is 2.29. The normalized spacial score (nSPS) is 26.8. The average Bonchev–Trinajstić information content (AvgIpc) is 2.26. The van der Waals surface area contributed by atoms with Gasteiger partial charge >= 0.3 is 0 Å². The average molecular weight is 274 g/mol. The van der Waals surface area contributed by atoms with Crippen LogP contribution in [0.2, 0.25) is 10.0 Å². The summed E-state index contributed by atoms with van der Waals surface area (Å²) in [6.45, 7) is 3.17. The molecule has 1 aromatic rings. The zero-order chi connectivity index (χ0) is 12.4. The lowest BCUT2D eigenvalue weighted by Crippen LogP contribution is -2.41. The summed E-state index contributed by atoms with van der Waals surface area (Å²) in [5.41, 5.74) is 0.786. The number of aliphatic hydroxyl groups is 1. The van der Waals surface area contributed by atoms with Crippen molar-refractivity contribution in [2.75, 3.05) is 6.54 Å². The fourth-order valence-electron chi connectivity index (χ4n) is 2.37. The van der Waals surface area contributed by atoms with E-state index in [0.717, 1.165) is 18.5 Å². The molecule has 17 heavy (non-hydrogen) atoms. The van der Waals surface area contributed by atoms with Crippen molar-refractivity contribution in [2.24, 2.45) is 5.92 Å². The minimum absolute atomic E-state index is 0.0910. The molecule has 1 aliphatic heterocycles. The van der Waals surface area contributed by atoms with Gasteiger partial charge in [0, 0.05) is 16.1 Å². The van der Waals surface area contributed by atoms with Gasteiger partial charge in [0.15, 0.2) is 0 Å². The Kier molecular flexibility index (Phi) is 4.31. The molecule has 0 aliphatic carbocycles. The third kappa shape index (κ3) is 3.35. The number of halogens is 2. The Balaban J connectivity index is 2.15. The van der Waals surface area contributed by atoms with Crippen LogP contribution >= 0.6 is 23.2 Å². The summed E-state index contributed by atoms with van der Waals surface area (Å²) in [4.78, 5) is 0. The molecule has 2 nitrogen and oxygen atoms in total. The summed E-state index contributed by atoms with van der Waals surface area (Å²) >= 11 is 11.9. The van der Waals surface area contributed by atoms with E-state index in [1.807, 2.05) is 0 Å². The molecule has 3 atom stereocenters. The van der Waals surface area contributed by atoms with E-state index in [4.69, 9.17) is 23.2 Å². The van der Waals surface area contributed by atoms with E-state index >= 15 is 0 Å². The van der Waals surface area contributed by atoms with Crippen molar-refractivity contribution in [3.63, 3.8) is 0 Å². The highest BCUT2D eigenvalue weighted by Gasteiger charge is 2.26. The molecule has 94 valence electrons. The Morgan fingerprint density at radius 2 is 1.94 bits per heavy atom. The van der Waals surface area contributed by atoms with Crippen LogP contribution in [0.25, 0.3) is 0 Å². The maximum atomic E-state index is 10.3. The summed E-state index contributed by atoms with van der Waals surface area (Å²) in [5, 5.41) is 14.8. The maximum Gasteiger partial charge on any atom is 0.0944 e. The van der Waals surface area contributed by atoms with Crippen LogP contribution in [-0.4, -0.2) is 17.7 Å². The van der Waals surface area contributed by atoms with Crippen molar-refractivity contribution in [1.82, 2.24) is 5.32 Å². The van der Waals surface area contributed by atoms with E-state index in [-0.39, 0.29) is 6.04 Å². The molecule has 0 spiro atoms. The van der Waals surface area contributed by atoms with E-state index in [1.54, 1.807) is 18.2 Å². The third-order valence-corrected chi connectivity index (χ3v) is 3.74. The Hall–Kier alpha value is -0.280. The molecular formula is C13H17Cl2NO. The zero-order valence-corrected chi connectivity index (χ0v) is 11.3. The molecule has 0 radical (unpaired) electrons. The van der Waals surface area contributed by atoms with Gasteiger partial charge in [-0.1, -0.05) is 30.1 Å². The number of nitrogens with one attached hydrogen (secondary N) is 1. The molecule has 2 rings (SSSR count). The quantitative estimate of drug-likeness (QED) is 0.866. The highest BCUT2D eigenvalue weighted by atomic mass is 35.5. The SMILES string of the molecule is CC1CCNC(C(O)c2cc(Cl)cc(Cl)c2)C1. The Bertz CT molecular complexity index is 377. The van der Waals surface area contributed by atoms with Gasteiger partial charge in [-0.15, -0.1) is 0 Å². The third-order valence-electron chi connectivity index (χ3n) is 3.31. The number of piperidine rings is 1. The zero-order valence-electron chi connectivity index (χ0n) is 9.79. The summed E-state index contributed by atoms with van der Waals surface area (Å²) in [6.07, 6.45) is 1.60. The number of benzene rings is 1. The maximum absolute atomic E-state index is 10.3. The first-order valence-corrected chi connectivity index (χ1v) is 6.69. The van der Waals surface area contributed by atoms with Gasteiger partial charge in [-0.2, -0.15) is 0 Å². The predicted molar refractivity (Wildman–Crippen MR) is 71.6 cm³/mol. The lowest BCUT2D eigenvalue weighted by atomic mass is 9.89. The largest absolute Gasteiger partial charge is 0.387 e. The second-order valence-electron chi connectivity index (χ2n) is 4.84. The first-order valence-electron chi connectivity index (χ1n) is 5.93. The number of rotatable bonds is 2. The summed E-state index contributed by atoms with van der Waals surface area (Å²) in [6, 6.07) is 5.32. The number of hydrogen-bond acceptors (Lipinski definition) is 2. The highest BCUT2D eigenvalue weighted by molar-refractivity contribution is 6.34. The van der Waals surface area contributed by atoms with Crippen LogP contribution in [0.15, 0.2) is 18.2 Å². The van der Waals surface area contributed by atoms with E-state index in [2.05, 4.69) is 12.2 Å². The first-order chi connectivity index (χ1) is 8.06. The molecule has 3 unspecified atom stereocenters. The van der Waals surface area contributed by atoms with Crippen LogP contribution in [-0.2, 0) is 0 Å². The van der Waals surface area contributed by atoms with Crippen LogP contribution in [0.5, 0.6) is 0 Å². The molecule has 1 aromatic carbocycles. The molecule has 2 N–H and O–H groups in total. The summed E-state index contributed by atoms with van der Waals surface area (Å²) in [7, 11) is 0. The van der Waals surface area contributed by atoms with Gasteiger partial charge in [0.05, 0.1) is 6.10 Å². The fraction of sp³-hybridized carbons (Fsp3) is 0.538. The lowest BCUT2D eigenvalue weighted by Gasteiger charge is -2.32. The number of hydrogen-bond donors (Lipinski definition) is 2. The number of aliphatic hydroxyl groups excluding tert-OH is 1. The molecular weight excluding hydrogens is 257 g/mol. The molecule has 1 saturated heterocycles. The van der Waals surface area contributed by atoms with Gasteiger partial charge in [-0.05, 0) is 49.1 Å². The van der Waals surface area contributed by atoms with Crippen molar-refractivity contribution < 1.29 is 5.11 Å². The second kappa shape index (κ2) is 5.57. The van der Waals surface area contributed by atoms with Gasteiger partial charge in [-0.3, -0.25) is 0 Å². The Morgan fingerprint density at radius 1 is 1.29 bits per heavy atom. The minimum Gasteiger partial charge on any atom is -0.387 e. The van der Waals surface area contributed by atoms with Crippen LogP contribution in [0, 0.1) is 5.92 Å². The molecule has 0 saturated carbocycles. The van der Waals surface area contributed by atoms with Crippen LogP contribution in [0.4, 0.5) is 0 Å². The van der Waals surface area contributed by atoms with Gasteiger partial charge in [0.1, 0.15) is 0 Å². The van der Waals surface area contributed by atoms with Crippen molar-refractivity contribution in [1.29, 1.82) is 0 Å². The Labute approximate surface area is 112 Å². The van der Waals surface area contributed by atoms with E-state index in [9.17, 15) is 5.11 Å². The van der Waals surface area contributed by atoms with E-state index in [1.165, 1.54) is 6.42 Å². The van der Waals surface area contributed by atoms with Crippen LogP contribution < -0.4 is 5.32 Å². The topological polar surface area (TPSA) is 32.3 Å². The van der Waals surface area contributed by atoms with E-state index < -0.39 is 6.10 Å². The fourth-order valence-corrected chi connectivity index (χ4v) is 2.91. The van der Waals surface area contributed by atoms with Crippen molar-refractivity contribution >= 4 is 23.2 Å². The first kappa shape index (κ1) is 13.2. The standard InChI is InChI=1S/C13H17Cl2NO/c1-8-2-3-16-12(4-8)13(17)9-5-10(14)7-11(15)6-9/h5-8,12-13,16-17H,2-4H2,1H3. The predicted octanol–water partition coefficient (Wildman–Crippen LogP) is 3.41. The monoisotopic (exact) mass is 273 g/mol. The smallest absolute Gasteiger partial charge is 0.0944 e. The van der Waals surface area contributed by atoms with Crippen molar-refractivity contribution in [3.8, 4) is 0 Å². The molecule has 0 bridgehead atoms. The van der Waals surface area contributed by atoms with Crippen molar-refractivity contribution in [3.05, 3.63) is 33.8 Å². The van der Waals surface area contributed by atoms with E-state index in [0.29, 0.717) is 16.0 Å². The van der Waals surface area contributed by atoms with Gasteiger partial charge < -0.3 is 10.4 Å². The van der Waals surface area contributed by atoms with Gasteiger partial charge in [0.2, 0.25) is 0 Å². The molecule has 1 aliphatic rings. The van der Waals surface area contributed by atoms with Gasteiger partial charge in [0.25, 0.3) is 0 Å². The summed E-state index contributed by atoms with van der Waals surface area (Å²) < 4.78 is 0. The molecule has 4 heteroatoms. The van der Waals surface area contributed by atoms with Crippen LogP contribution in [0.1, 0.15) is 31.4 Å². The van der Waals surface area contributed by atoms with Crippen molar-refractivity contribution in [2.45, 2.75) is 31.9 Å². The molecule has 0 aromatic heterocycles. The second-order valence-corrected chi connectivity index (χ2v) is 5.71. The molecule has 0 amide bonds. The molecule has 1 fully saturated rings.